The zero-order chi connectivity index (χ0) is 15.7. The minimum absolute atomic E-state index is 0.189. The summed E-state index contributed by atoms with van der Waals surface area (Å²) in [6.07, 6.45) is 2.59. The van der Waals surface area contributed by atoms with E-state index in [0.29, 0.717) is 13.0 Å². The lowest BCUT2D eigenvalue weighted by molar-refractivity contribution is -0.132. The fourth-order valence-corrected chi connectivity index (χ4v) is 3.39. The van der Waals surface area contributed by atoms with Gasteiger partial charge in [-0.3, -0.25) is 9.48 Å². The lowest BCUT2D eigenvalue weighted by Crippen LogP contribution is -2.30. The molecule has 0 bridgehead atoms. The van der Waals surface area contributed by atoms with Gasteiger partial charge in [-0.15, -0.1) is 0 Å². The molecule has 0 saturated carbocycles. The molecule has 1 aliphatic carbocycles. The van der Waals surface area contributed by atoms with Crippen molar-refractivity contribution in [3.63, 3.8) is 0 Å². The van der Waals surface area contributed by atoms with E-state index in [1.165, 1.54) is 11.1 Å². The molecule has 22 heavy (non-hydrogen) atoms. The van der Waals surface area contributed by atoms with E-state index in [9.17, 15) is 4.79 Å². The summed E-state index contributed by atoms with van der Waals surface area (Å²) in [6.45, 7) is 4.66. The Bertz CT molecular complexity index is 689. The smallest absolute Gasteiger partial charge is 0.224 e. The first kappa shape index (κ1) is 14.8. The third-order valence-electron chi connectivity index (χ3n) is 4.60. The van der Waals surface area contributed by atoms with E-state index in [0.717, 1.165) is 24.2 Å². The minimum atomic E-state index is 0.189. The lowest BCUT2D eigenvalue weighted by atomic mass is 10.1. The van der Waals surface area contributed by atoms with Gasteiger partial charge < -0.3 is 4.90 Å². The van der Waals surface area contributed by atoms with Gasteiger partial charge in [-0.1, -0.05) is 24.3 Å². The zero-order valence-electron chi connectivity index (χ0n) is 13.5. The first-order valence-corrected chi connectivity index (χ1v) is 7.91. The Kier molecular flexibility index (Phi) is 4.01. The number of hydrogen-bond donors (Lipinski definition) is 0. The van der Waals surface area contributed by atoms with E-state index in [-0.39, 0.29) is 11.9 Å². The van der Waals surface area contributed by atoms with Crippen molar-refractivity contribution in [3.8, 4) is 0 Å². The molecule has 2 aromatic rings. The average Bonchev–Trinajstić information content (AvgIpc) is 3.07. The van der Waals surface area contributed by atoms with Crippen molar-refractivity contribution in [1.82, 2.24) is 14.7 Å². The van der Waals surface area contributed by atoms with Crippen LogP contribution in [0.3, 0.4) is 0 Å². The normalized spacial score (nSPS) is 16.6. The highest BCUT2D eigenvalue weighted by Gasteiger charge is 2.28. The number of aryl methyl sites for hydroxylation is 4. The second-order valence-corrected chi connectivity index (χ2v) is 6.16. The van der Waals surface area contributed by atoms with Gasteiger partial charge in [-0.25, -0.2) is 0 Å². The Morgan fingerprint density at radius 2 is 2.14 bits per heavy atom. The molecule has 4 nitrogen and oxygen atoms in total. The summed E-state index contributed by atoms with van der Waals surface area (Å²) in [7, 11) is 1.93. The van der Waals surface area contributed by atoms with E-state index in [1.54, 1.807) is 0 Å². The Morgan fingerprint density at radius 1 is 1.36 bits per heavy atom. The van der Waals surface area contributed by atoms with Gasteiger partial charge in [0.15, 0.2) is 0 Å². The predicted molar refractivity (Wildman–Crippen MR) is 86.6 cm³/mol. The van der Waals surface area contributed by atoms with Crippen LogP contribution in [0.4, 0.5) is 0 Å². The second kappa shape index (κ2) is 5.95. The molecule has 1 heterocycles. The van der Waals surface area contributed by atoms with E-state index >= 15 is 0 Å². The van der Waals surface area contributed by atoms with Crippen LogP contribution in [0.1, 0.15) is 41.4 Å². The molecule has 1 atom stereocenters. The fourth-order valence-electron chi connectivity index (χ4n) is 3.39. The van der Waals surface area contributed by atoms with E-state index < -0.39 is 0 Å². The molecule has 0 aliphatic heterocycles. The van der Waals surface area contributed by atoms with Crippen molar-refractivity contribution in [2.45, 2.75) is 45.7 Å². The van der Waals surface area contributed by atoms with Gasteiger partial charge in [0, 0.05) is 25.7 Å². The summed E-state index contributed by atoms with van der Waals surface area (Å²) in [4.78, 5) is 14.4. The summed E-state index contributed by atoms with van der Waals surface area (Å²) in [5.74, 6) is 0.189. The topological polar surface area (TPSA) is 38.1 Å². The van der Waals surface area contributed by atoms with E-state index in [4.69, 9.17) is 0 Å². The van der Waals surface area contributed by atoms with E-state index in [1.807, 2.05) is 36.5 Å². The quantitative estimate of drug-likeness (QED) is 0.870. The van der Waals surface area contributed by atoms with Crippen molar-refractivity contribution in [2.75, 3.05) is 7.05 Å². The molecule has 0 N–H and O–H groups in total. The number of carbonyl (C=O) groups excluding carboxylic acids is 1. The van der Waals surface area contributed by atoms with Crippen LogP contribution in [0.25, 0.3) is 0 Å². The standard InChI is InChI=1S/C18H23N3O/c1-13-12-14(2)21(19-13)11-10-18(22)20(3)17-9-8-15-6-4-5-7-16(15)17/h4-7,12,17H,8-11H2,1-3H3/t17-/m0/s1. The highest BCUT2D eigenvalue weighted by molar-refractivity contribution is 5.76. The number of benzene rings is 1. The van der Waals surface area contributed by atoms with Gasteiger partial charge >= 0.3 is 0 Å². The van der Waals surface area contributed by atoms with Crippen LogP contribution < -0.4 is 0 Å². The van der Waals surface area contributed by atoms with Gasteiger partial charge in [0.25, 0.3) is 0 Å². The number of amides is 1. The molecule has 0 saturated heterocycles. The fraction of sp³-hybridized carbons (Fsp3) is 0.444. The van der Waals surface area contributed by atoms with Crippen LogP contribution in [-0.4, -0.2) is 27.6 Å². The van der Waals surface area contributed by atoms with Gasteiger partial charge in [0.2, 0.25) is 5.91 Å². The molecule has 3 rings (SSSR count). The Morgan fingerprint density at radius 3 is 2.86 bits per heavy atom. The molecule has 1 amide bonds. The van der Waals surface area contributed by atoms with Gasteiger partial charge in [-0.2, -0.15) is 5.10 Å². The summed E-state index contributed by atoms with van der Waals surface area (Å²) in [5, 5.41) is 4.42. The van der Waals surface area contributed by atoms with Gasteiger partial charge in [0.1, 0.15) is 0 Å². The van der Waals surface area contributed by atoms with Crippen molar-refractivity contribution in [3.05, 3.63) is 52.8 Å². The van der Waals surface area contributed by atoms with Crippen molar-refractivity contribution in [1.29, 1.82) is 0 Å². The molecule has 1 aromatic carbocycles. The van der Waals surface area contributed by atoms with E-state index in [2.05, 4.69) is 29.4 Å². The highest BCUT2D eigenvalue weighted by Crippen LogP contribution is 2.35. The molecule has 0 unspecified atom stereocenters. The summed E-state index contributed by atoms with van der Waals surface area (Å²) >= 11 is 0. The molecule has 1 aromatic heterocycles. The molecule has 0 spiro atoms. The van der Waals surface area contributed by atoms with Crippen LogP contribution in [-0.2, 0) is 17.8 Å². The van der Waals surface area contributed by atoms with Crippen molar-refractivity contribution in [2.24, 2.45) is 0 Å². The van der Waals surface area contributed by atoms with Crippen LogP contribution in [0.5, 0.6) is 0 Å². The number of carbonyl (C=O) groups is 1. The largest absolute Gasteiger partial charge is 0.339 e. The Balaban J connectivity index is 1.64. The molecular weight excluding hydrogens is 274 g/mol. The van der Waals surface area contributed by atoms with Crippen molar-refractivity contribution < 1.29 is 4.79 Å². The maximum Gasteiger partial charge on any atom is 0.224 e. The number of fused-ring (bicyclic) bond motifs is 1. The van der Waals surface area contributed by atoms with Crippen LogP contribution in [0, 0.1) is 13.8 Å². The lowest BCUT2D eigenvalue weighted by Gasteiger charge is -2.25. The van der Waals surface area contributed by atoms with Crippen LogP contribution in [0.15, 0.2) is 30.3 Å². The zero-order valence-corrected chi connectivity index (χ0v) is 13.5. The monoisotopic (exact) mass is 297 g/mol. The minimum Gasteiger partial charge on any atom is -0.339 e. The first-order valence-electron chi connectivity index (χ1n) is 7.91. The summed E-state index contributed by atoms with van der Waals surface area (Å²) in [5.41, 5.74) is 4.80. The number of nitrogens with zero attached hydrogens (tertiary/aromatic N) is 3. The second-order valence-electron chi connectivity index (χ2n) is 6.16. The summed E-state index contributed by atoms with van der Waals surface area (Å²) < 4.78 is 1.92. The number of rotatable bonds is 4. The molecule has 4 heteroatoms. The summed E-state index contributed by atoms with van der Waals surface area (Å²) in [6, 6.07) is 10.7. The molecule has 1 aliphatic rings. The number of aromatic nitrogens is 2. The molecule has 116 valence electrons. The Labute approximate surface area is 131 Å². The van der Waals surface area contributed by atoms with Gasteiger partial charge in [0.05, 0.1) is 11.7 Å². The number of hydrogen-bond acceptors (Lipinski definition) is 2. The third-order valence-corrected chi connectivity index (χ3v) is 4.60. The molecule has 0 fully saturated rings. The molecule has 0 radical (unpaired) electrons. The average molecular weight is 297 g/mol. The van der Waals surface area contributed by atoms with Gasteiger partial charge in [-0.05, 0) is 43.9 Å². The maximum absolute atomic E-state index is 12.5. The first-order chi connectivity index (χ1) is 10.6. The predicted octanol–water partition coefficient (Wildman–Crippen LogP) is 3.04. The maximum atomic E-state index is 12.5. The van der Waals surface area contributed by atoms with Crippen LogP contribution in [0.2, 0.25) is 0 Å². The SMILES string of the molecule is Cc1cc(C)n(CCC(=O)N(C)[C@H]2CCc3ccccc32)n1. The third kappa shape index (κ3) is 2.78. The van der Waals surface area contributed by atoms with Crippen LogP contribution >= 0.6 is 0 Å². The Hall–Kier alpha value is -2.10. The van der Waals surface area contributed by atoms with Crippen molar-refractivity contribution >= 4 is 5.91 Å². The molecular formula is C18H23N3O. The highest BCUT2D eigenvalue weighted by atomic mass is 16.2.